The molecule has 0 radical (unpaired) electrons. The highest BCUT2D eigenvalue weighted by Crippen LogP contribution is 2.30. The summed E-state index contributed by atoms with van der Waals surface area (Å²) in [6, 6.07) is 5.51. The van der Waals surface area contributed by atoms with Crippen LogP contribution < -0.4 is 4.90 Å². The van der Waals surface area contributed by atoms with E-state index in [1.807, 2.05) is 19.1 Å². The average molecular weight is 249 g/mol. The molecule has 0 fully saturated rings. The third-order valence-corrected chi connectivity index (χ3v) is 3.46. The molecular formula is C14H19NO3. The first-order valence-corrected chi connectivity index (χ1v) is 6.26. The number of anilines is 1. The van der Waals surface area contributed by atoms with Crippen molar-refractivity contribution in [1.82, 2.24) is 0 Å². The van der Waals surface area contributed by atoms with Gasteiger partial charge in [0.2, 0.25) is 0 Å². The van der Waals surface area contributed by atoms with Gasteiger partial charge in [0.05, 0.1) is 11.7 Å². The lowest BCUT2D eigenvalue weighted by Crippen LogP contribution is -2.36. The van der Waals surface area contributed by atoms with Crippen LogP contribution in [0.3, 0.4) is 0 Å². The first-order valence-electron chi connectivity index (χ1n) is 6.26. The second-order valence-corrected chi connectivity index (χ2v) is 4.70. The van der Waals surface area contributed by atoms with Crippen molar-refractivity contribution in [1.29, 1.82) is 0 Å². The molecular weight excluding hydrogens is 230 g/mol. The predicted molar refractivity (Wildman–Crippen MR) is 70.4 cm³/mol. The number of fused-ring (bicyclic) bond motifs is 1. The first kappa shape index (κ1) is 12.9. The summed E-state index contributed by atoms with van der Waals surface area (Å²) in [4.78, 5) is 13.4. The highest BCUT2D eigenvalue weighted by molar-refractivity contribution is 5.91. The van der Waals surface area contributed by atoms with Crippen molar-refractivity contribution in [2.75, 3.05) is 25.1 Å². The third-order valence-electron chi connectivity index (χ3n) is 3.46. The minimum atomic E-state index is -0.839. The molecule has 4 nitrogen and oxygen atoms in total. The highest BCUT2D eigenvalue weighted by Gasteiger charge is 2.22. The van der Waals surface area contributed by atoms with Crippen molar-refractivity contribution in [3.8, 4) is 0 Å². The van der Waals surface area contributed by atoms with E-state index in [-0.39, 0.29) is 6.10 Å². The van der Waals surface area contributed by atoms with Gasteiger partial charge >= 0.3 is 5.97 Å². The zero-order chi connectivity index (χ0) is 13.1. The van der Waals surface area contributed by atoms with E-state index < -0.39 is 5.97 Å². The summed E-state index contributed by atoms with van der Waals surface area (Å²) in [6.45, 7) is 3.78. The Balaban J connectivity index is 2.32. The van der Waals surface area contributed by atoms with Gasteiger partial charge in [-0.1, -0.05) is 6.07 Å². The van der Waals surface area contributed by atoms with Gasteiger partial charge in [-0.2, -0.15) is 0 Å². The minimum absolute atomic E-state index is 0.143. The number of aromatic carboxylic acids is 1. The normalized spacial score (nSPS) is 16.2. The molecule has 1 aliphatic rings. The molecule has 0 saturated carbocycles. The Bertz CT molecular complexity index is 445. The van der Waals surface area contributed by atoms with Crippen LogP contribution in [0.15, 0.2) is 18.2 Å². The van der Waals surface area contributed by atoms with Crippen molar-refractivity contribution in [2.45, 2.75) is 25.9 Å². The lowest BCUT2D eigenvalue weighted by Gasteiger charge is -2.33. The van der Waals surface area contributed by atoms with Crippen molar-refractivity contribution in [3.63, 3.8) is 0 Å². The summed E-state index contributed by atoms with van der Waals surface area (Å²) in [6.07, 6.45) is 1.98. The van der Waals surface area contributed by atoms with Gasteiger partial charge < -0.3 is 14.7 Å². The molecule has 0 spiro atoms. The number of ether oxygens (including phenoxy) is 1. The van der Waals surface area contributed by atoms with Gasteiger partial charge in [-0.05, 0) is 37.5 Å². The van der Waals surface area contributed by atoms with Crippen molar-refractivity contribution in [2.24, 2.45) is 0 Å². The van der Waals surface area contributed by atoms with Gasteiger partial charge in [0.1, 0.15) is 0 Å². The number of hydrogen-bond acceptors (Lipinski definition) is 3. The van der Waals surface area contributed by atoms with Crippen LogP contribution in [-0.2, 0) is 11.2 Å². The molecule has 0 saturated heterocycles. The summed E-state index contributed by atoms with van der Waals surface area (Å²) in [7, 11) is 1.70. The topological polar surface area (TPSA) is 49.8 Å². The lowest BCUT2D eigenvalue weighted by atomic mass is 9.96. The maximum atomic E-state index is 11.2. The van der Waals surface area contributed by atoms with E-state index in [1.165, 1.54) is 0 Å². The molecule has 2 rings (SSSR count). The number of methoxy groups -OCH3 is 1. The molecule has 1 aromatic rings. The molecule has 0 bridgehead atoms. The number of hydrogen-bond donors (Lipinski definition) is 1. The lowest BCUT2D eigenvalue weighted by molar-refractivity contribution is 0.0695. The maximum absolute atomic E-state index is 11.2. The van der Waals surface area contributed by atoms with Gasteiger partial charge in [0.15, 0.2) is 0 Å². The summed E-state index contributed by atoms with van der Waals surface area (Å²) in [5.74, 6) is -0.839. The molecule has 1 atom stereocenters. The van der Waals surface area contributed by atoms with Crippen LogP contribution in [0.2, 0.25) is 0 Å². The molecule has 1 aromatic carbocycles. The van der Waals surface area contributed by atoms with Gasteiger partial charge in [-0.3, -0.25) is 0 Å². The second kappa shape index (κ2) is 5.40. The van der Waals surface area contributed by atoms with Crippen molar-refractivity contribution < 1.29 is 14.6 Å². The van der Waals surface area contributed by atoms with Gasteiger partial charge in [-0.25, -0.2) is 4.79 Å². The van der Waals surface area contributed by atoms with Crippen LogP contribution in [0.4, 0.5) is 5.69 Å². The predicted octanol–water partition coefficient (Wildman–Crippen LogP) is 2.17. The Morgan fingerprint density at radius 2 is 2.33 bits per heavy atom. The summed E-state index contributed by atoms with van der Waals surface area (Å²) >= 11 is 0. The fourth-order valence-electron chi connectivity index (χ4n) is 2.48. The summed E-state index contributed by atoms with van der Waals surface area (Å²) in [5.41, 5.74) is 2.44. The number of benzene rings is 1. The van der Waals surface area contributed by atoms with Crippen LogP contribution in [0.5, 0.6) is 0 Å². The Morgan fingerprint density at radius 1 is 1.56 bits per heavy atom. The van der Waals surface area contributed by atoms with Crippen LogP contribution in [0, 0.1) is 0 Å². The zero-order valence-electron chi connectivity index (χ0n) is 10.8. The molecule has 1 heterocycles. The number of carbonyl (C=O) groups is 1. The molecule has 1 aliphatic heterocycles. The highest BCUT2D eigenvalue weighted by atomic mass is 16.5. The second-order valence-electron chi connectivity index (χ2n) is 4.70. The van der Waals surface area contributed by atoms with Crippen LogP contribution >= 0.6 is 0 Å². The Hall–Kier alpha value is -1.55. The van der Waals surface area contributed by atoms with Gasteiger partial charge in [0, 0.05) is 25.9 Å². The van der Waals surface area contributed by atoms with E-state index in [1.54, 1.807) is 13.2 Å². The molecule has 1 unspecified atom stereocenters. The number of rotatable bonds is 4. The standard InChI is InChI=1S/C14H19NO3/c1-10(18-2)9-15-8-4-6-11-12(14(16)17)5-3-7-13(11)15/h3,5,7,10H,4,6,8-9H2,1-2H3,(H,16,17). The molecule has 98 valence electrons. The Morgan fingerprint density at radius 3 is 3.00 bits per heavy atom. The van der Waals surface area contributed by atoms with Crippen LogP contribution in [0.1, 0.15) is 29.3 Å². The fraction of sp³-hybridized carbons (Fsp3) is 0.500. The summed E-state index contributed by atoms with van der Waals surface area (Å²) in [5, 5.41) is 9.21. The van der Waals surface area contributed by atoms with Crippen molar-refractivity contribution in [3.05, 3.63) is 29.3 Å². The average Bonchev–Trinajstić information content (AvgIpc) is 2.38. The number of carboxylic acids is 1. The Labute approximate surface area is 107 Å². The smallest absolute Gasteiger partial charge is 0.336 e. The quantitative estimate of drug-likeness (QED) is 0.888. The molecule has 4 heteroatoms. The zero-order valence-corrected chi connectivity index (χ0v) is 10.8. The monoisotopic (exact) mass is 249 g/mol. The van der Waals surface area contributed by atoms with E-state index in [4.69, 9.17) is 4.74 Å². The van der Waals surface area contributed by atoms with E-state index in [0.717, 1.165) is 37.2 Å². The van der Waals surface area contributed by atoms with Crippen LogP contribution in [0.25, 0.3) is 0 Å². The van der Waals surface area contributed by atoms with E-state index >= 15 is 0 Å². The van der Waals surface area contributed by atoms with E-state index in [9.17, 15) is 9.90 Å². The van der Waals surface area contributed by atoms with Crippen molar-refractivity contribution >= 4 is 11.7 Å². The largest absolute Gasteiger partial charge is 0.478 e. The first-order chi connectivity index (χ1) is 8.63. The van der Waals surface area contributed by atoms with Gasteiger partial charge in [-0.15, -0.1) is 0 Å². The third kappa shape index (κ3) is 2.48. The summed E-state index contributed by atoms with van der Waals surface area (Å²) < 4.78 is 5.29. The van der Waals surface area contributed by atoms with Gasteiger partial charge in [0.25, 0.3) is 0 Å². The molecule has 0 aliphatic carbocycles. The van der Waals surface area contributed by atoms with E-state index in [2.05, 4.69) is 4.90 Å². The molecule has 1 N–H and O–H groups in total. The minimum Gasteiger partial charge on any atom is -0.478 e. The van der Waals surface area contributed by atoms with E-state index in [0.29, 0.717) is 5.56 Å². The number of nitrogens with zero attached hydrogens (tertiary/aromatic N) is 1. The Kier molecular flexibility index (Phi) is 3.87. The molecule has 0 amide bonds. The molecule has 0 aromatic heterocycles. The maximum Gasteiger partial charge on any atom is 0.336 e. The SMILES string of the molecule is COC(C)CN1CCCc2c(C(=O)O)cccc21. The fourth-order valence-corrected chi connectivity index (χ4v) is 2.48. The number of carboxylic acid groups (broad SMARTS) is 1. The molecule has 18 heavy (non-hydrogen) atoms. The van der Waals surface area contributed by atoms with Crippen LogP contribution in [-0.4, -0.2) is 37.4 Å².